The molecule has 102 valence electrons. The Morgan fingerprint density at radius 2 is 2.47 bits per heavy atom. The molecule has 5 nitrogen and oxygen atoms in total. The van der Waals surface area contributed by atoms with E-state index in [-0.39, 0.29) is 11.9 Å². The molecule has 0 spiro atoms. The van der Waals surface area contributed by atoms with Crippen LogP contribution in [0.1, 0.15) is 31.4 Å². The smallest absolute Gasteiger partial charge is 0.220 e. The zero-order valence-corrected chi connectivity index (χ0v) is 11.5. The van der Waals surface area contributed by atoms with Crippen LogP contribution in [0.25, 0.3) is 4.96 Å². The summed E-state index contributed by atoms with van der Waals surface area (Å²) in [7, 11) is 0. The highest BCUT2D eigenvalue weighted by molar-refractivity contribution is 7.15. The van der Waals surface area contributed by atoms with E-state index in [0.717, 1.165) is 29.9 Å². The van der Waals surface area contributed by atoms with Crippen molar-refractivity contribution < 1.29 is 4.79 Å². The van der Waals surface area contributed by atoms with Gasteiger partial charge in [-0.3, -0.25) is 9.20 Å². The van der Waals surface area contributed by atoms with Crippen molar-refractivity contribution in [3.63, 3.8) is 0 Å². The second-order valence-electron chi connectivity index (χ2n) is 5.16. The van der Waals surface area contributed by atoms with Crippen LogP contribution in [0.5, 0.6) is 0 Å². The van der Waals surface area contributed by atoms with E-state index in [0.29, 0.717) is 18.9 Å². The number of nitrogens with one attached hydrogen (secondary N) is 1. The molecule has 0 unspecified atom stereocenters. The lowest BCUT2D eigenvalue weighted by molar-refractivity contribution is -0.122. The molecule has 1 aliphatic rings. The number of hydrogen-bond donors (Lipinski definition) is 2. The lowest BCUT2D eigenvalue weighted by atomic mass is 10.00. The van der Waals surface area contributed by atoms with Gasteiger partial charge in [-0.1, -0.05) is 6.42 Å². The van der Waals surface area contributed by atoms with Gasteiger partial charge in [-0.15, -0.1) is 11.3 Å². The van der Waals surface area contributed by atoms with Crippen molar-refractivity contribution in [2.75, 3.05) is 0 Å². The van der Waals surface area contributed by atoms with Crippen molar-refractivity contribution in [1.82, 2.24) is 14.7 Å². The number of nitrogens with two attached hydrogens (primary N) is 1. The number of imidazole rings is 1. The molecule has 3 N–H and O–H groups in total. The Labute approximate surface area is 115 Å². The summed E-state index contributed by atoms with van der Waals surface area (Å²) >= 11 is 1.59. The second-order valence-corrected chi connectivity index (χ2v) is 6.03. The van der Waals surface area contributed by atoms with Crippen LogP contribution in [0.15, 0.2) is 17.8 Å². The molecule has 0 aromatic carbocycles. The predicted molar refractivity (Wildman–Crippen MR) is 74.8 cm³/mol. The standard InChI is InChI=1S/C13H18N4OS/c14-11-3-1-2-9(11)6-12(18)15-7-10-8-17-4-5-19-13(17)16-10/h4-5,8-9,11H,1-3,6-7,14H2,(H,15,18)/t9-,11+/m0/s1. The van der Waals surface area contributed by atoms with E-state index < -0.39 is 0 Å². The first-order chi connectivity index (χ1) is 9.22. The quantitative estimate of drug-likeness (QED) is 0.891. The number of amides is 1. The van der Waals surface area contributed by atoms with Crippen LogP contribution in [-0.2, 0) is 11.3 Å². The van der Waals surface area contributed by atoms with Crippen molar-refractivity contribution in [1.29, 1.82) is 0 Å². The molecular weight excluding hydrogens is 260 g/mol. The van der Waals surface area contributed by atoms with E-state index in [1.807, 2.05) is 22.2 Å². The van der Waals surface area contributed by atoms with Crippen molar-refractivity contribution in [3.05, 3.63) is 23.5 Å². The Hall–Kier alpha value is -1.40. The van der Waals surface area contributed by atoms with E-state index in [2.05, 4.69) is 10.3 Å². The lowest BCUT2D eigenvalue weighted by Gasteiger charge is -2.14. The lowest BCUT2D eigenvalue weighted by Crippen LogP contribution is -2.31. The van der Waals surface area contributed by atoms with E-state index >= 15 is 0 Å². The molecule has 0 saturated heterocycles. The zero-order chi connectivity index (χ0) is 13.2. The highest BCUT2D eigenvalue weighted by Crippen LogP contribution is 2.26. The van der Waals surface area contributed by atoms with Crippen molar-refractivity contribution in [3.8, 4) is 0 Å². The minimum Gasteiger partial charge on any atom is -0.350 e. The number of carbonyl (C=O) groups is 1. The third-order valence-electron chi connectivity index (χ3n) is 3.78. The highest BCUT2D eigenvalue weighted by Gasteiger charge is 2.25. The Kier molecular flexibility index (Phi) is 3.52. The van der Waals surface area contributed by atoms with Crippen molar-refractivity contribution in [2.45, 2.75) is 38.3 Å². The van der Waals surface area contributed by atoms with Crippen LogP contribution in [0.3, 0.4) is 0 Å². The molecule has 1 fully saturated rings. The minimum atomic E-state index is 0.0821. The molecule has 19 heavy (non-hydrogen) atoms. The molecular formula is C13H18N4OS. The van der Waals surface area contributed by atoms with Gasteiger partial charge in [-0.05, 0) is 18.8 Å². The number of aromatic nitrogens is 2. The number of carbonyl (C=O) groups excluding carboxylic acids is 1. The van der Waals surface area contributed by atoms with Gasteiger partial charge in [-0.25, -0.2) is 4.98 Å². The summed E-state index contributed by atoms with van der Waals surface area (Å²) in [6.07, 6.45) is 7.74. The first-order valence-electron chi connectivity index (χ1n) is 6.66. The predicted octanol–water partition coefficient (Wildman–Crippen LogP) is 1.53. The zero-order valence-electron chi connectivity index (χ0n) is 10.7. The van der Waals surface area contributed by atoms with Crippen molar-refractivity contribution in [2.24, 2.45) is 11.7 Å². The van der Waals surface area contributed by atoms with Crippen molar-refractivity contribution >= 4 is 22.2 Å². The molecule has 1 saturated carbocycles. The van der Waals surface area contributed by atoms with E-state index in [9.17, 15) is 4.79 Å². The van der Waals surface area contributed by atoms with Gasteiger partial charge in [0, 0.05) is 30.2 Å². The molecule has 0 radical (unpaired) electrons. The SMILES string of the molecule is N[C@@H]1CCC[C@H]1CC(=O)NCc1cn2ccsc2n1. The fourth-order valence-corrected chi connectivity index (χ4v) is 3.40. The molecule has 6 heteroatoms. The minimum absolute atomic E-state index is 0.0821. The van der Waals surface area contributed by atoms with Gasteiger partial charge in [0.1, 0.15) is 0 Å². The second kappa shape index (κ2) is 5.30. The fraction of sp³-hybridized carbons (Fsp3) is 0.538. The summed E-state index contributed by atoms with van der Waals surface area (Å²) in [5, 5.41) is 4.92. The number of thiazole rings is 1. The van der Waals surface area contributed by atoms with Gasteiger partial charge in [0.25, 0.3) is 0 Å². The first-order valence-corrected chi connectivity index (χ1v) is 7.53. The molecule has 2 heterocycles. The molecule has 2 aromatic rings. The molecule has 1 aliphatic carbocycles. The maximum atomic E-state index is 11.9. The fourth-order valence-electron chi connectivity index (χ4n) is 2.68. The first kappa shape index (κ1) is 12.6. The average Bonchev–Trinajstić information content (AvgIpc) is 3.03. The Bertz CT molecular complexity index is 547. The summed E-state index contributed by atoms with van der Waals surface area (Å²) in [5.41, 5.74) is 6.88. The molecule has 0 bridgehead atoms. The van der Waals surface area contributed by atoms with E-state index in [4.69, 9.17) is 5.73 Å². The largest absolute Gasteiger partial charge is 0.350 e. The molecule has 3 rings (SSSR count). The maximum Gasteiger partial charge on any atom is 0.220 e. The molecule has 2 atom stereocenters. The summed E-state index contributed by atoms with van der Waals surface area (Å²) in [5.74, 6) is 0.434. The summed E-state index contributed by atoms with van der Waals surface area (Å²) in [4.78, 5) is 17.3. The maximum absolute atomic E-state index is 11.9. The highest BCUT2D eigenvalue weighted by atomic mass is 32.1. The Morgan fingerprint density at radius 1 is 1.58 bits per heavy atom. The van der Waals surface area contributed by atoms with Crippen LogP contribution in [0.4, 0.5) is 0 Å². The van der Waals surface area contributed by atoms with Gasteiger partial charge in [0.15, 0.2) is 4.96 Å². The van der Waals surface area contributed by atoms with Gasteiger partial charge in [0.2, 0.25) is 5.91 Å². The van der Waals surface area contributed by atoms with E-state index in [1.165, 1.54) is 0 Å². The van der Waals surface area contributed by atoms with Crippen LogP contribution in [-0.4, -0.2) is 21.3 Å². The molecule has 2 aromatic heterocycles. The normalized spacial score (nSPS) is 23.0. The molecule has 1 amide bonds. The third kappa shape index (κ3) is 2.79. The van der Waals surface area contributed by atoms with Crippen LogP contribution in [0.2, 0.25) is 0 Å². The summed E-state index contributed by atoms with van der Waals surface area (Å²) < 4.78 is 1.97. The Morgan fingerprint density at radius 3 is 3.21 bits per heavy atom. The van der Waals surface area contributed by atoms with Gasteiger partial charge in [-0.2, -0.15) is 0 Å². The third-order valence-corrected chi connectivity index (χ3v) is 4.55. The monoisotopic (exact) mass is 278 g/mol. The summed E-state index contributed by atoms with van der Waals surface area (Å²) in [6.45, 7) is 0.495. The topological polar surface area (TPSA) is 72.4 Å². The Balaban J connectivity index is 1.51. The number of fused-ring (bicyclic) bond motifs is 1. The molecule has 0 aliphatic heterocycles. The van der Waals surface area contributed by atoms with Gasteiger partial charge >= 0.3 is 0 Å². The van der Waals surface area contributed by atoms with Crippen LogP contribution >= 0.6 is 11.3 Å². The van der Waals surface area contributed by atoms with Crippen LogP contribution < -0.4 is 11.1 Å². The van der Waals surface area contributed by atoms with E-state index in [1.54, 1.807) is 11.3 Å². The summed E-state index contributed by atoms with van der Waals surface area (Å²) in [6, 6.07) is 0.198. The van der Waals surface area contributed by atoms with Gasteiger partial charge < -0.3 is 11.1 Å². The van der Waals surface area contributed by atoms with Crippen LogP contribution in [0, 0.1) is 5.92 Å². The average molecular weight is 278 g/mol. The number of hydrogen-bond acceptors (Lipinski definition) is 4. The number of rotatable bonds is 4. The van der Waals surface area contributed by atoms with Gasteiger partial charge in [0.05, 0.1) is 12.2 Å². The number of nitrogens with zero attached hydrogens (tertiary/aromatic N) is 2.